The van der Waals surface area contributed by atoms with E-state index < -0.39 is 45.1 Å². The first-order valence-electron chi connectivity index (χ1n) is 21.1. The first-order chi connectivity index (χ1) is 24.7. The van der Waals surface area contributed by atoms with Crippen molar-refractivity contribution in [3.8, 4) is 0 Å². The summed E-state index contributed by atoms with van der Waals surface area (Å²) in [5.74, 6) is -1.77. The average Bonchev–Trinajstić information content (AvgIpc) is 3.10. The van der Waals surface area contributed by atoms with Crippen molar-refractivity contribution in [2.24, 2.45) is 5.73 Å². The Balaban J connectivity index is 4.18. The van der Waals surface area contributed by atoms with Crippen LogP contribution in [0.4, 0.5) is 0 Å². The molecular weight excluding hydrogens is 669 g/mol. The number of rotatable bonds is 41. The molecule has 51 heavy (non-hydrogen) atoms. The number of esters is 1. The minimum Gasteiger partial charge on any atom is -0.480 e. The number of aliphatic carboxylic acids is 1. The van der Waals surface area contributed by atoms with E-state index in [0.29, 0.717) is 6.61 Å². The molecule has 0 aliphatic carbocycles. The molecule has 0 heterocycles. The van der Waals surface area contributed by atoms with Crippen molar-refractivity contribution in [1.82, 2.24) is 0 Å². The van der Waals surface area contributed by atoms with Crippen LogP contribution in [0.25, 0.3) is 0 Å². The Morgan fingerprint density at radius 2 is 0.902 bits per heavy atom. The lowest BCUT2D eigenvalue weighted by atomic mass is 10.0. The number of hydrogen-bond donors (Lipinski definition) is 3. The van der Waals surface area contributed by atoms with Crippen LogP contribution in [0.1, 0.15) is 206 Å². The summed E-state index contributed by atoms with van der Waals surface area (Å²) >= 11 is 0. The summed E-state index contributed by atoms with van der Waals surface area (Å²) < 4.78 is 33.3. The number of nitrogens with two attached hydrogens (primary N) is 1. The zero-order chi connectivity index (χ0) is 37.7. The summed E-state index contributed by atoms with van der Waals surface area (Å²) in [7, 11) is -4.60. The molecule has 0 aliphatic heterocycles. The van der Waals surface area contributed by atoms with Crippen molar-refractivity contribution in [1.29, 1.82) is 0 Å². The Hall–Kier alpha value is -1.03. The van der Waals surface area contributed by atoms with Crippen molar-refractivity contribution < 1.29 is 42.7 Å². The average molecular weight is 750 g/mol. The highest BCUT2D eigenvalue weighted by atomic mass is 31.2. The predicted molar refractivity (Wildman–Crippen MR) is 208 cm³/mol. The van der Waals surface area contributed by atoms with E-state index in [-0.39, 0.29) is 13.0 Å². The van der Waals surface area contributed by atoms with E-state index in [1.165, 1.54) is 148 Å². The molecule has 304 valence electrons. The summed E-state index contributed by atoms with van der Waals surface area (Å²) in [6.07, 6.45) is 35.8. The highest BCUT2D eigenvalue weighted by Crippen LogP contribution is 2.43. The van der Waals surface area contributed by atoms with Crippen molar-refractivity contribution in [2.75, 3.05) is 26.4 Å². The van der Waals surface area contributed by atoms with Crippen LogP contribution in [-0.2, 0) is 32.7 Å². The van der Waals surface area contributed by atoms with Gasteiger partial charge in [0, 0.05) is 13.0 Å². The molecule has 10 nitrogen and oxygen atoms in total. The maximum absolute atomic E-state index is 12.6. The summed E-state index contributed by atoms with van der Waals surface area (Å²) in [6.45, 7) is 3.91. The molecule has 0 fully saturated rings. The molecule has 0 aliphatic rings. The fraction of sp³-hybridized carbons (Fsp3) is 0.950. The quantitative estimate of drug-likeness (QED) is 0.0312. The number of ether oxygens (including phenoxy) is 2. The summed E-state index contributed by atoms with van der Waals surface area (Å²) in [6, 6.07) is -1.47. The summed E-state index contributed by atoms with van der Waals surface area (Å²) in [5.41, 5.74) is 5.35. The molecule has 0 aromatic carbocycles. The van der Waals surface area contributed by atoms with Gasteiger partial charge in [-0.25, -0.2) is 4.57 Å². The second-order valence-corrected chi connectivity index (χ2v) is 15.9. The Bertz CT molecular complexity index is 832. The van der Waals surface area contributed by atoms with Crippen LogP contribution in [0, 0.1) is 0 Å². The smallest absolute Gasteiger partial charge is 0.472 e. The number of carbonyl (C=O) groups is 2. The molecule has 0 aromatic heterocycles. The molecular formula is C40H80NO9P. The first-order valence-corrected chi connectivity index (χ1v) is 22.6. The van der Waals surface area contributed by atoms with Gasteiger partial charge in [0.2, 0.25) is 0 Å². The number of unbranched alkanes of at least 4 members (excludes halogenated alkanes) is 27. The van der Waals surface area contributed by atoms with Gasteiger partial charge in [-0.15, -0.1) is 0 Å². The summed E-state index contributed by atoms with van der Waals surface area (Å²) in [4.78, 5) is 33.4. The van der Waals surface area contributed by atoms with E-state index in [1.54, 1.807) is 0 Å². The molecule has 0 radical (unpaired) electrons. The van der Waals surface area contributed by atoms with E-state index in [0.717, 1.165) is 38.5 Å². The Labute approximate surface area is 312 Å². The molecule has 0 saturated carbocycles. The van der Waals surface area contributed by atoms with Gasteiger partial charge in [0.25, 0.3) is 0 Å². The molecule has 11 heteroatoms. The van der Waals surface area contributed by atoms with E-state index in [4.69, 9.17) is 29.4 Å². The number of carbonyl (C=O) groups excluding carboxylic acids is 1. The standard InChI is InChI=1S/C40H80NO9P/c1-3-5-7-9-11-13-15-17-18-19-20-21-23-25-27-29-31-33-47-34-37(35-48-51(45,46)49-36-38(41)40(43)44)50-39(42)32-30-28-26-24-22-16-14-12-10-8-6-4-2/h37-38H,3-36,41H2,1-2H3,(H,43,44)(H,45,46). The van der Waals surface area contributed by atoms with Crippen LogP contribution in [-0.4, -0.2) is 60.5 Å². The van der Waals surface area contributed by atoms with Gasteiger partial charge >= 0.3 is 19.8 Å². The molecule has 0 spiro atoms. The Morgan fingerprint density at radius 3 is 1.29 bits per heavy atom. The lowest BCUT2D eigenvalue weighted by molar-refractivity contribution is -0.154. The molecule has 4 N–H and O–H groups in total. The first kappa shape index (κ1) is 50.0. The number of hydrogen-bond acceptors (Lipinski definition) is 8. The van der Waals surface area contributed by atoms with E-state index in [1.807, 2.05) is 0 Å². The molecule has 0 saturated heterocycles. The van der Waals surface area contributed by atoms with Crippen LogP contribution in [0.5, 0.6) is 0 Å². The maximum Gasteiger partial charge on any atom is 0.472 e. The van der Waals surface area contributed by atoms with E-state index in [2.05, 4.69) is 13.8 Å². The highest BCUT2D eigenvalue weighted by Gasteiger charge is 2.27. The number of phosphoric ester groups is 1. The van der Waals surface area contributed by atoms with Crippen molar-refractivity contribution in [2.45, 2.75) is 219 Å². The number of carboxylic acids is 1. The topological polar surface area (TPSA) is 155 Å². The van der Waals surface area contributed by atoms with Gasteiger partial charge < -0.3 is 25.2 Å². The van der Waals surface area contributed by atoms with Gasteiger partial charge in [0.1, 0.15) is 12.1 Å². The summed E-state index contributed by atoms with van der Waals surface area (Å²) in [5, 5.41) is 8.88. The van der Waals surface area contributed by atoms with Crippen molar-refractivity contribution >= 4 is 19.8 Å². The largest absolute Gasteiger partial charge is 0.480 e. The van der Waals surface area contributed by atoms with Crippen LogP contribution < -0.4 is 5.73 Å². The Morgan fingerprint density at radius 1 is 0.549 bits per heavy atom. The van der Waals surface area contributed by atoms with Gasteiger partial charge in [-0.1, -0.05) is 187 Å². The second-order valence-electron chi connectivity index (χ2n) is 14.5. The zero-order valence-electron chi connectivity index (χ0n) is 33.0. The van der Waals surface area contributed by atoms with Gasteiger partial charge in [-0.3, -0.25) is 18.6 Å². The zero-order valence-corrected chi connectivity index (χ0v) is 33.9. The third-order valence-electron chi connectivity index (χ3n) is 9.39. The van der Waals surface area contributed by atoms with Gasteiger partial charge in [-0.2, -0.15) is 0 Å². The lowest BCUT2D eigenvalue weighted by Gasteiger charge is -2.20. The van der Waals surface area contributed by atoms with Crippen LogP contribution >= 0.6 is 7.82 Å². The fourth-order valence-electron chi connectivity index (χ4n) is 6.08. The second kappa shape index (κ2) is 37.3. The van der Waals surface area contributed by atoms with Crippen LogP contribution in [0.15, 0.2) is 0 Å². The monoisotopic (exact) mass is 750 g/mol. The van der Waals surface area contributed by atoms with E-state index in [9.17, 15) is 19.0 Å². The fourth-order valence-corrected chi connectivity index (χ4v) is 6.85. The van der Waals surface area contributed by atoms with E-state index >= 15 is 0 Å². The molecule has 0 aromatic rings. The predicted octanol–water partition coefficient (Wildman–Crippen LogP) is 11.2. The number of phosphoric acid groups is 1. The number of carboxylic acid groups (broad SMARTS) is 1. The molecule has 0 rings (SSSR count). The third-order valence-corrected chi connectivity index (χ3v) is 10.3. The third kappa shape index (κ3) is 37.1. The van der Waals surface area contributed by atoms with Gasteiger partial charge in [-0.05, 0) is 12.8 Å². The van der Waals surface area contributed by atoms with Crippen molar-refractivity contribution in [3.05, 3.63) is 0 Å². The van der Waals surface area contributed by atoms with Gasteiger partial charge in [0.05, 0.1) is 19.8 Å². The lowest BCUT2D eigenvalue weighted by Crippen LogP contribution is -2.34. The van der Waals surface area contributed by atoms with Crippen molar-refractivity contribution in [3.63, 3.8) is 0 Å². The molecule has 3 atom stereocenters. The Kier molecular flexibility index (Phi) is 36.5. The van der Waals surface area contributed by atoms with Crippen LogP contribution in [0.3, 0.4) is 0 Å². The van der Waals surface area contributed by atoms with Crippen LogP contribution in [0.2, 0.25) is 0 Å². The SMILES string of the molecule is CCCCCCCCCCCCCCCCCCCOCC(COP(=O)(O)OCC(N)C(=O)O)OC(=O)CCCCCCCCCCCCCC. The van der Waals surface area contributed by atoms with Gasteiger partial charge in [0.15, 0.2) is 0 Å². The normalized spacial score (nSPS) is 14.0. The maximum atomic E-state index is 12.6. The molecule has 0 amide bonds. The minimum atomic E-state index is -4.60. The molecule has 0 bridgehead atoms. The highest BCUT2D eigenvalue weighted by molar-refractivity contribution is 7.47. The minimum absolute atomic E-state index is 0.0255. The molecule has 3 unspecified atom stereocenters.